The van der Waals surface area contributed by atoms with Crippen LogP contribution in [0, 0.1) is 5.82 Å². The van der Waals surface area contributed by atoms with Crippen molar-refractivity contribution in [3.05, 3.63) is 53.9 Å². The number of hydrogen-bond donors (Lipinski definition) is 1. The molecule has 1 aromatic heterocycles. The van der Waals surface area contributed by atoms with Crippen molar-refractivity contribution in [1.82, 2.24) is 20.2 Å². The Morgan fingerprint density at radius 3 is 2.65 bits per heavy atom. The van der Waals surface area contributed by atoms with E-state index in [-0.39, 0.29) is 24.0 Å². The zero-order valence-electron chi connectivity index (χ0n) is 15.0. The molecule has 26 heavy (non-hydrogen) atoms. The molecule has 1 aliphatic heterocycles. The van der Waals surface area contributed by atoms with Gasteiger partial charge in [0, 0.05) is 37.1 Å². The highest BCUT2D eigenvalue weighted by molar-refractivity contribution is 5.85. The summed E-state index contributed by atoms with van der Waals surface area (Å²) in [5.74, 6) is -0.0315. The lowest BCUT2D eigenvalue weighted by Crippen LogP contribution is -2.35. The first-order valence-electron chi connectivity index (χ1n) is 8.77. The molecule has 1 aliphatic rings. The number of aromatic nitrogens is 2. The Morgan fingerprint density at radius 1 is 1.15 bits per heavy atom. The summed E-state index contributed by atoms with van der Waals surface area (Å²) < 4.78 is 19.1. The van der Waals surface area contributed by atoms with Crippen molar-refractivity contribution in [2.45, 2.75) is 38.4 Å². The van der Waals surface area contributed by atoms with E-state index in [1.54, 1.807) is 18.5 Å². The molecule has 3 rings (SSSR count). The molecule has 0 amide bonds. The van der Waals surface area contributed by atoms with E-state index in [1.807, 2.05) is 18.5 Å². The molecule has 1 N–H and O–H groups in total. The van der Waals surface area contributed by atoms with Crippen LogP contribution in [0.5, 0.6) is 5.75 Å². The lowest BCUT2D eigenvalue weighted by molar-refractivity contribution is 0.163. The SMILES string of the molecule is COc1ccc(CN(Cc2cncnc2)C2CCCNCC2)cc1F.Cl. The smallest absolute Gasteiger partial charge is 0.165 e. The molecule has 1 aromatic carbocycles. The molecular formula is C19H26ClFN4O. The molecule has 1 unspecified atom stereocenters. The van der Waals surface area contributed by atoms with Crippen molar-refractivity contribution >= 4 is 12.4 Å². The number of benzene rings is 1. The van der Waals surface area contributed by atoms with Gasteiger partial charge in [0.2, 0.25) is 0 Å². The highest BCUT2D eigenvalue weighted by atomic mass is 35.5. The topological polar surface area (TPSA) is 50.3 Å². The van der Waals surface area contributed by atoms with Crippen molar-refractivity contribution < 1.29 is 9.13 Å². The fraction of sp³-hybridized carbons (Fsp3) is 0.474. The fourth-order valence-electron chi connectivity index (χ4n) is 3.37. The Kier molecular flexibility index (Phi) is 8.22. The predicted octanol–water partition coefficient (Wildman–Crippen LogP) is 3.19. The molecule has 142 valence electrons. The second kappa shape index (κ2) is 10.4. The largest absolute Gasteiger partial charge is 0.494 e. The van der Waals surface area contributed by atoms with Gasteiger partial charge in [0.05, 0.1) is 7.11 Å². The Balaban J connectivity index is 0.00000243. The number of halogens is 2. The van der Waals surface area contributed by atoms with Gasteiger partial charge in [0.1, 0.15) is 6.33 Å². The summed E-state index contributed by atoms with van der Waals surface area (Å²) in [5.41, 5.74) is 2.03. The van der Waals surface area contributed by atoms with Gasteiger partial charge < -0.3 is 10.1 Å². The average molecular weight is 381 g/mol. The van der Waals surface area contributed by atoms with Crippen LogP contribution in [0.25, 0.3) is 0 Å². The molecule has 2 heterocycles. The summed E-state index contributed by atoms with van der Waals surface area (Å²) in [6.45, 7) is 3.54. The number of ether oxygens (including phenoxy) is 1. The van der Waals surface area contributed by atoms with E-state index < -0.39 is 0 Å². The summed E-state index contributed by atoms with van der Waals surface area (Å²) in [5, 5.41) is 3.46. The zero-order valence-corrected chi connectivity index (χ0v) is 15.8. The molecule has 7 heteroatoms. The first-order chi connectivity index (χ1) is 12.3. The van der Waals surface area contributed by atoms with Gasteiger partial charge in [-0.05, 0) is 50.0 Å². The maximum Gasteiger partial charge on any atom is 0.165 e. The molecule has 0 bridgehead atoms. The third kappa shape index (κ3) is 5.62. The van der Waals surface area contributed by atoms with Crippen LogP contribution in [-0.2, 0) is 13.1 Å². The first kappa shape index (κ1) is 20.6. The summed E-state index contributed by atoms with van der Waals surface area (Å²) in [6, 6.07) is 5.66. The number of nitrogens with zero attached hydrogens (tertiary/aromatic N) is 3. The van der Waals surface area contributed by atoms with E-state index in [9.17, 15) is 4.39 Å². The average Bonchev–Trinajstić information content (AvgIpc) is 2.92. The van der Waals surface area contributed by atoms with Crippen LogP contribution in [-0.4, -0.2) is 41.1 Å². The molecule has 1 atom stereocenters. The van der Waals surface area contributed by atoms with Gasteiger partial charge in [-0.25, -0.2) is 14.4 Å². The van der Waals surface area contributed by atoms with Crippen LogP contribution in [0.4, 0.5) is 4.39 Å². The van der Waals surface area contributed by atoms with Gasteiger partial charge in [-0.3, -0.25) is 4.90 Å². The van der Waals surface area contributed by atoms with Crippen LogP contribution >= 0.6 is 12.4 Å². The normalized spacial score (nSPS) is 17.4. The molecule has 2 aromatic rings. The number of hydrogen-bond acceptors (Lipinski definition) is 5. The Labute approximate surface area is 160 Å². The summed E-state index contributed by atoms with van der Waals surface area (Å²) in [4.78, 5) is 10.6. The second-order valence-corrected chi connectivity index (χ2v) is 6.46. The minimum atomic E-state index is -0.314. The number of rotatable bonds is 6. The first-order valence-corrected chi connectivity index (χ1v) is 8.77. The van der Waals surface area contributed by atoms with Gasteiger partial charge in [-0.15, -0.1) is 12.4 Å². The fourth-order valence-corrected chi connectivity index (χ4v) is 3.37. The van der Waals surface area contributed by atoms with Gasteiger partial charge in [-0.1, -0.05) is 6.07 Å². The van der Waals surface area contributed by atoms with E-state index in [0.717, 1.165) is 50.0 Å². The van der Waals surface area contributed by atoms with Crippen LogP contribution < -0.4 is 10.1 Å². The van der Waals surface area contributed by atoms with Gasteiger partial charge >= 0.3 is 0 Å². The Bertz CT molecular complexity index is 666. The summed E-state index contributed by atoms with van der Waals surface area (Å²) >= 11 is 0. The Morgan fingerprint density at radius 2 is 1.92 bits per heavy atom. The van der Waals surface area contributed by atoms with Crippen molar-refractivity contribution in [3.63, 3.8) is 0 Å². The monoisotopic (exact) mass is 380 g/mol. The predicted molar refractivity (Wildman–Crippen MR) is 102 cm³/mol. The quantitative estimate of drug-likeness (QED) is 0.834. The lowest BCUT2D eigenvalue weighted by Gasteiger charge is -2.31. The van der Waals surface area contributed by atoms with Crippen LogP contribution in [0.1, 0.15) is 30.4 Å². The molecule has 1 fully saturated rings. The van der Waals surface area contributed by atoms with Crippen LogP contribution in [0.15, 0.2) is 36.9 Å². The van der Waals surface area contributed by atoms with Crippen molar-refractivity contribution in [2.24, 2.45) is 0 Å². The molecule has 5 nitrogen and oxygen atoms in total. The molecule has 0 aliphatic carbocycles. The molecule has 1 saturated heterocycles. The van der Waals surface area contributed by atoms with E-state index in [4.69, 9.17) is 4.74 Å². The maximum absolute atomic E-state index is 14.1. The molecular weight excluding hydrogens is 355 g/mol. The third-order valence-corrected chi connectivity index (χ3v) is 4.66. The summed E-state index contributed by atoms with van der Waals surface area (Å²) in [7, 11) is 1.48. The van der Waals surface area contributed by atoms with Gasteiger partial charge in [-0.2, -0.15) is 0 Å². The lowest BCUT2D eigenvalue weighted by atomic mass is 10.0. The van der Waals surface area contributed by atoms with Crippen LogP contribution in [0.2, 0.25) is 0 Å². The number of nitrogens with one attached hydrogen (secondary N) is 1. The van der Waals surface area contributed by atoms with Crippen molar-refractivity contribution in [1.29, 1.82) is 0 Å². The highest BCUT2D eigenvalue weighted by Crippen LogP contribution is 2.22. The van der Waals surface area contributed by atoms with Gasteiger partial charge in [0.15, 0.2) is 11.6 Å². The van der Waals surface area contributed by atoms with Crippen molar-refractivity contribution in [3.8, 4) is 5.75 Å². The third-order valence-electron chi connectivity index (χ3n) is 4.66. The van der Waals surface area contributed by atoms with E-state index in [0.29, 0.717) is 12.6 Å². The molecule has 0 saturated carbocycles. The van der Waals surface area contributed by atoms with E-state index in [1.165, 1.54) is 7.11 Å². The summed E-state index contributed by atoms with van der Waals surface area (Å²) in [6.07, 6.45) is 8.63. The van der Waals surface area contributed by atoms with Crippen LogP contribution in [0.3, 0.4) is 0 Å². The second-order valence-electron chi connectivity index (χ2n) is 6.46. The maximum atomic E-state index is 14.1. The highest BCUT2D eigenvalue weighted by Gasteiger charge is 2.21. The zero-order chi connectivity index (χ0) is 17.5. The van der Waals surface area contributed by atoms with Gasteiger partial charge in [0.25, 0.3) is 0 Å². The van der Waals surface area contributed by atoms with E-state index >= 15 is 0 Å². The van der Waals surface area contributed by atoms with E-state index in [2.05, 4.69) is 20.2 Å². The van der Waals surface area contributed by atoms with Crippen molar-refractivity contribution in [2.75, 3.05) is 20.2 Å². The Hall–Kier alpha value is -1.76. The minimum absolute atomic E-state index is 0. The standard InChI is InChI=1S/C19H25FN4O.ClH/c1-25-19-5-4-15(9-18(19)20)12-24(13-16-10-22-14-23-11-16)17-3-2-7-21-8-6-17;/h4-5,9-11,14,17,21H,2-3,6-8,12-13H2,1H3;1H. The molecule has 0 spiro atoms. The number of methoxy groups -OCH3 is 1. The molecule has 0 radical (unpaired) electrons. The minimum Gasteiger partial charge on any atom is -0.494 e.